The number of carbonyl (C=O) groups excluding carboxylic acids is 1. The molecule has 0 aliphatic heterocycles. The molecule has 0 aliphatic rings. The molecular formula is C25H24N2O4S. The van der Waals surface area contributed by atoms with Crippen molar-refractivity contribution in [2.24, 2.45) is 0 Å². The van der Waals surface area contributed by atoms with Crippen molar-refractivity contribution in [3.8, 4) is 17.2 Å². The zero-order chi connectivity index (χ0) is 22.5. The maximum Gasteiger partial charge on any atom is 0.237 e. The molecule has 0 bridgehead atoms. The van der Waals surface area contributed by atoms with Gasteiger partial charge in [-0.15, -0.1) is 0 Å². The molecule has 0 spiro atoms. The quantitative estimate of drug-likeness (QED) is 0.350. The smallest absolute Gasteiger partial charge is 0.237 e. The molecular weight excluding hydrogens is 424 g/mol. The van der Waals surface area contributed by atoms with Crippen LogP contribution in [0.4, 0.5) is 10.8 Å². The fourth-order valence-electron chi connectivity index (χ4n) is 3.41. The van der Waals surface area contributed by atoms with Gasteiger partial charge in [-0.25, -0.2) is 4.98 Å². The zero-order valence-electron chi connectivity index (χ0n) is 18.2. The van der Waals surface area contributed by atoms with E-state index in [1.165, 1.54) is 11.3 Å². The Morgan fingerprint density at radius 3 is 2.41 bits per heavy atom. The Bertz CT molecular complexity index is 1190. The van der Waals surface area contributed by atoms with Crippen LogP contribution in [0, 0.1) is 0 Å². The first-order valence-corrected chi connectivity index (χ1v) is 11.1. The van der Waals surface area contributed by atoms with Crippen LogP contribution in [0.5, 0.6) is 17.2 Å². The minimum atomic E-state index is -0.114. The van der Waals surface area contributed by atoms with E-state index < -0.39 is 0 Å². The second-order valence-electron chi connectivity index (χ2n) is 6.97. The summed E-state index contributed by atoms with van der Waals surface area (Å²) in [6.07, 6.45) is 0.149. The number of methoxy groups -OCH3 is 2. The van der Waals surface area contributed by atoms with Crippen LogP contribution in [0.15, 0.2) is 66.7 Å². The van der Waals surface area contributed by atoms with Crippen LogP contribution in [0.1, 0.15) is 12.5 Å². The number of benzene rings is 3. The van der Waals surface area contributed by atoms with Gasteiger partial charge in [0.15, 0.2) is 5.13 Å². The van der Waals surface area contributed by atoms with Crippen LogP contribution in [0.2, 0.25) is 0 Å². The lowest BCUT2D eigenvalue weighted by atomic mass is 10.1. The van der Waals surface area contributed by atoms with Crippen molar-refractivity contribution in [1.82, 2.24) is 4.98 Å². The third-order valence-corrected chi connectivity index (χ3v) is 5.99. The fraction of sp³-hybridized carbons (Fsp3) is 0.200. The lowest BCUT2D eigenvalue weighted by Crippen LogP contribution is -2.27. The number of thiazole rings is 1. The van der Waals surface area contributed by atoms with E-state index in [-0.39, 0.29) is 12.3 Å². The van der Waals surface area contributed by atoms with Crippen molar-refractivity contribution in [2.45, 2.75) is 13.3 Å². The largest absolute Gasteiger partial charge is 0.497 e. The molecule has 0 fully saturated rings. The predicted octanol–water partition coefficient (Wildman–Crippen LogP) is 5.62. The van der Waals surface area contributed by atoms with Crippen LogP contribution in [0.25, 0.3) is 10.2 Å². The molecule has 1 heterocycles. The third kappa shape index (κ3) is 4.53. The molecule has 0 saturated carbocycles. The van der Waals surface area contributed by atoms with Crippen LogP contribution in [-0.2, 0) is 11.2 Å². The van der Waals surface area contributed by atoms with Gasteiger partial charge in [0.25, 0.3) is 0 Å². The number of aromatic nitrogens is 1. The van der Waals surface area contributed by atoms with E-state index >= 15 is 0 Å². The number of nitrogens with zero attached hydrogens (tertiary/aromatic N) is 2. The van der Waals surface area contributed by atoms with E-state index in [9.17, 15) is 4.79 Å². The molecule has 0 atom stereocenters. The van der Waals surface area contributed by atoms with Crippen molar-refractivity contribution in [1.29, 1.82) is 0 Å². The highest BCUT2D eigenvalue weighted by molar-refractivity contribution is 7.22. The molecule has 4 rings (SSSR count). The highest BCUT2D eigenvalue weighted by atomic mass is 32.1. The molecule has 4 aromatic rings. The van der Waals surface area contributed by atoms with Crippen LogP contribution >= 0.6 is 11.3 Å². The third-order valence-electron chi connectivity index (χ3n) is 4.97. The number of hydrogen-bond donors (Lipinski definition) is 0. The van der Waals surface area contributed by atoms with E-state index in [0.717, 1.165) is 27.2 Å². The van der Waals surface area contributed by atoms with Gasteiger partial charge in [0.1, 0.15) is 17.2 Å². The Morgan fingerprint density at radius 2 is 1.72 bits per heavy atom. The molecule has 164 valence electrons. The summed E-state index contributed by atoms with van der Waals surface area (Å²) < 4.78 is 17.3. The Morgan fingerprint density at radius 1 is 0.969 bits per heavy atom. The number of fused-ring (bicyclic) bond motifs is 1. The normalized spacial score (nSPS) is 10.7. The molecule has 0 radical (unpaired) electrons. The summed E-state index contributed by atoms with van der Waals surface area (Å²) in [7, 11) is 3.18. The summed E-state index contributed by atoms with van der Waals surface area (Å²) in [4.78, 5) is 20.0. The van der Waals surface area contributed by atoms with Gasteiger partial charge < -0.3 is 14.2 Å². The zero-order valence-corrected chi connectivity index (χ0v) is 19.0. The van der Waals surface area contributed by atoms with Crippen molar-refractivity contribution in [3.63, 3.8) is 0 Å². The number of para-hydroxylation sites is 1. The number of hydrogen-bond acceptors (Lipinski definition) is 6. The SMILES string of the molecule is CCOc1ccc(N(C(=O)Cc2ccc(OC)cc2OC)c2nc3ccccc3s2)cc1. The van der Waals surface area contributed by atoms with Gasteiger partial charge in [-0.3, -0.25) is 9.69 Å². The van der Waals surface area contributed by atoms with Crippen LogP contribution < -0.4 is 19.1 Å². The molecule has 0 aliphatic carbocycles. The summed E-state index contributed by atoms with van der Waals surface area (Å²) in [6, 6.07) is 20.8. The van der Waals surface area contributed by atoms with Crippen molar-refractivity contribution in [2.75, 3.05) is 25.7 Å². The first-order valence-electron chi connectivity index (χ1n) is 10.2. The molecule has 0 N–H and O–H groups in total. The molecule has 6 nitrogen and oxygen atoms in total. The topological polar surface area (TPSA) is 60.9 Å². The summed E-state index contributed by atoms with van der Waals surface area (Å²) in [5.41, 5.74) is 2.36. The second-order valence-corrected chi connectivity index (χ2v) is 7.98. The van der Waals surface area contributed by atoms with Gasteiger partial charge in [0, 0.05) is 11.6 Å². The first kappa shape index (κ1) is 21.6. The Kier molecular flexibility index (Phi) is 6.56. The predicted molar refractivity (Wildman–Crippen MR) is 128 cm³/mol. The standard InChI is InChI=1S/C25H24N2O4S/c1-4-31-19-13-10-18(11-14-19)27(25-26-21-7-5-6-8-23(21)32-25)24(28)15-17-9-12-20(29-2)16-22(17)30-3/h5-14,16H,4,15H2,1-3H3. The Hall–Kier alpha value is -3.58. The minimum absolute atomic E-state index is 0.114. The van der Waals surface area contributed by atoms with Gasteiger partial charge in [-0.05, 0) is 49.4 Å². The van der Waals surface area contributed by atoms with Gasteiger partial charge in [-0.1, -0.05) is 29.5 Å². The van der Waals surface area contributed by atoms with Crippen molar-refractivity contribution in [3.05, 3.63) is 72.3 Å². The van der Waals surface area contributed by atoms with Gasteiger partial charge in [-0.2, -0.15) is 0 Å². The van der Waals surface area contributed by atoms with E-state index in [1.54, 1.807) is 25.2 Å². The molecule has 0 saturated heterocycles. The van der Waals surface area contributed by atoms with Gasteiger partial charge in [0.2, 0.25) is 5.91 Å². The van der Waals surface area contributed by atoms with Crippen molar-refractivity contribution >= 4 is 38.3 Å². The molecule has 3 aromatic carbocycles. The minimum Gasteiger partial charge on any atom is -0.497 e. The Balaban J connectivity index is 1.72. The number of ether oxygens (including phenoxy) is 3. The van der Waals surface area contributed by atoms with E-state index in [1.807, 2.05) is 67.6 Å². The van der Waals surface area contributed by atoms with Crippen molar-refractivity contribution < 1.29 is 19.0 Å². The Labute approximate surface area is 191 Å². The monoisotopic (exact) mass is 448 g/mol. The molecule has 1 aromatic heterocycles. The van der Waals surface area contributed by atoms with Crippen LogP contribution in [-0.4, -0.2) is 31.7 Å². The average molecular weight is 449 g/mol. The average Bonchev–Trinajstić information content (AvgIpc) is 3.24. The summed E-state index contributed by atoms with van der Waals surface area (Å²) in [5.74, 6) is 1.92. The highest BCUT2D eigenvalue weighted by Gasteiger charge is 2.23. The molecule has 0 unspecified atom stereocenters. The lowest BCUT2D eigenvalue weighted by molar-refractivity contribution is -0.117. The lowest BCUT2D eigenvalue weighted by Gasteiger charge is -2.21. The first-order chi connectivity index (χ1) is 15.6. The van der Waals surface area contributed by atoms with E-state index in [4.69, 9.17) is 19.2 Å². The maximum atomic E-state index is 13.6. The van der Waals surface area contributed by atoms with Gasteiger partial charge in [0.05, 0.1) is 43.2 Å². The number of anilines is 2. The highest BCUT2D eigenvalue weighted by Crippen LogP contribution is 2.35. The number of carbonyl (C=O) groups is 1. The number of rotatable bonds is 8. The van der Waals surface area contributed by atoms with Gasteiger partial charge >= 0.3 is 0 Å². The summed E-state index contributed by atoms with van der Waals surface area (Å²) in [5, 5.41) is 0.618. The molecule has 32 heavy (non-hydrogen) atoms. The van der Waals surface area contributed by atoms with Crippen LogP contribution in [0.3, 0.4) is 0 Å². The maximum absolute atomic E-state index is 13.6. The molecule has 7 heteroatoms. The van der Waals surface area contributed by atoms with E-state index in [0.29, 0.717) is 23.2 Å². The van der Waals surface area contributed by atoms with E-state index in [2.05, 4.69) is 0 Å². The number of amides is 1. The second kappa shape index (κ2) is 9.70. The molecule has 1 amide bonds. The summed E-state index contributed by atoms with van der Waals surface area (Å²) >= 11 is 1.48. The summed E-state index contributed by atoms with van der Waals surface area (Å²) in [6.45, 7) is 2.52. The fourth-order valence-corrected chi connectivity index (χ4v) is 4.42.